The SMILES string of the molecule is CCC(C)n1ncc2ncc(C(C)C)nc21. The zero-order chi connectivity index (χ0) is 11.7. The highest BCUT2D eigenvalue weighted by molar-refractivity contribution is 5.69. The molecule has 0 aliphatic heterocycles. The van der Waals surface area contributed by atoms with Crippen molar-refractivity contribution in [3.05, 3.63) is 18.1 Å². The van der Waals surface area contributed by atoms with Gasteiger partial charge in [-0.05, 0) is 19.3 Å². The van der Waals surface area contributed by atoms with Crippen molar-refractivity contribution in [2.75, 3.05) is 0 Å². The van der Waals surface area contributed by atoms with Crippen molar-refractivity contribution >= 4 is 11.2 Å². The molecule has 0 aromatic carbocycles. The predicted molar refractivity (Wildman–Crippen MR) is 64.4 cm³/mol. The monoisotopic (exact) mass is 218 g/mol. The van der Waals surface area contributed by atoms with Crippen molar-refractivity contribution in [2.45, 2.75) is 46.1 Å². The van der Waals surface area contributed by atoms with Crippen molar-refractivity contribution in [1.29, 1.82) is 0 Å². The summed E-state index contributed by atoms with van der Waals surface area (Å²) in [7, 11) is 0. The molecule has 0 aliphatic carbocycles. The van der Waals surface area contributed by atoms with Crippen LogP contribution in [0.15, 0.2) is 12.4 Å². The molecule has 2 aromatic rings. The van der Waals surface area contributed by atoms with Crippen LogP contribution in [0, 0.1) is 0 Å². The first kappa shape index (κ1) is 11.0. The maximum Gasteiger partial charge on any atom is 0.177 e. The molecular weight excluding hydrogens is 200 g/mol. The van der Waals surface area contributed by atoms with E-state index in [0.717, 1.165) is 23.3 Å². The topological polar surface area (TPSA) is 43.6 Å². The molecule has 0 aliphatic rings. The van der Waals surface area contributed by atoms with Crippen molar-refractivity contribution in [1.82, 2.24) is 19.7 Å². The molecule has 0 saturated carbocycles. The van der Waals surface area contributed by atoms with Crippen LogP contribution < -0.4 is 0 Å². The molecule has 0 N–H and O–H groups in total. The number of aromatic nitrogens is 4. The van der Waals surface area contributed by atoms with E-state index >= 15 is 0 Å². The Morgan fingerprint density at radius 3 is 2.62 bits per heavy atom. The van der Waals surface area contributed by atoms with Crippen LogP contribution in [-0.2, 0) is 0 Å². The molecule has 1 unspecified atom stereocenters. The smallest absolute Gasteiger partial charge is 0.177 e. The van der Waals surface area contributed by atoms with E-state index in [1.165, 1.54) is 0 Å². The highest BCUT2D eigenvalue weighted by Gasteiger charge is 2.12. The summed E-state index contributed by atoms with van der Waals surface area (Å²) in [4.78, 5) is 9.04. The summed E-state index contributed by atoms with van der Waals surface area (Å²) in [5.74, 6) is 0.400. The van der Waals surface area contributed by atoms with E-state index in [1.54, 1.807) is 6.20 Å². The van der Waals surface area contributed by atoms with Gasteiger partial charge in [-0.3, -0.25) is 0 Å². The molecule has 0 saturated heterocycles. The molecule has 0 amide bonds. The van der Waals surface area contributed by atoms with Crippen LogP contribution in [-0.4, -0.2) is 19.7 Å². The summed E-state index contributed by atoms with van der Waals surface area (Å²) in [6.07, 6.45) is 4.68. The van der Waals surface area contributed by atoms with Gasteiger partial charge < -0.3 is 0 Å². The van der Waals surface area contributed by atoms with Gasteiger partial charge in [0.1, 0.15) is 5.52 Å². The molecule has 16 heavy (non-hydrogen) atoms. The van der Waals surface area contributed by atoms with Gasteiger partial charge >= 0.3 is 0 Å². The van der Waals surface area contributed by atoms with Gasteiger partial charge in [-0.25, -0.2) is 14.6 Å². The van der Waals surface area contributed by atoms with Gasteiger partial charge in [0.05, 0.1) is 17.9 Å². The molecule has 0 radical (unpaired) electrons. The molecule has 2 rings (SSSR count). The summed E-state index contributed by atoms with van der Waals surface area (Å²) < 4.78 is 1.97. The van der Waals surface area contributed by atoms with Crippen LogP contribution in [0.5, 0.6) is 0 Å². The molecule has 0 fully saturated rings. The van der Waals surface area contributed by atoms with Gasteiger partial charge in [0, 0.05) is 6.20 Å². The second-order valence-corrected chi connectivity index (χ2v) is 4.50. The first-order chi connectivity index (χ1) is 7.63. The number of rotatable bonds is 3. The fraction of sp³-hybridized carbons (Fsp3) is 0.583. The first-order valence-corrected chi connectivity index (χ1v) is 5.83. The zero-order valence-corrected chi connectivity index (χ0v) is 10.3. The van der Waals surface area contributed by atoms with Gasteiger partial charge in [-0.15, -0.1) is 0 Å². The van der Waals surface area contributed by atoms with E-state index in [0.29, 0.717) is 12.0 Å². The fourth-order valence-corrected chi connectivity index (χ4v) is 1.61. The lowest BCUT2D eigenvalue weighted by Crippen LogP contribution is -2.07. The van der Waals surface area contributed by atoms with Crippen LogP contribution >= 0.6 is 0 Å². The van der Waals surface area contributed by atoms with Gasteiger partial charge in [0.15, 0.2) is 5.65 Å². The average Bonchev–Trinajstić information content (AvgIpc) is 2.70. The Labute approximate surface area is 95.7 Å². The Morgan fingerprint density at radius 1 is 1.25 bits per heavy atom. The third-order valence-electron chi connectivity index (χ3n) is 2.92. The fourth-order valence-electron chi connectivity index (χ4n) is 1.61. The Morgan fingerprint density at radius 2 is 2.00 bits per heavy atom. The van der Waals surface area contributed by atoms with E-state index in [-0.39, 0.29) is 0 Å². The van der Waals surface area contributed by atoms with Crippen LogP contribution in [0.4, 0.5) is 0 Å². The second kappa shape index (κ2) is 4.20. The third-order valence-corrected chi connectivity index (χ3v) is 2.92. The van der Waals surface area contributed by atoms with Gasteiger partial charge in [0.2, 0.25) is 0 Å². The Bertz CT molecular complexity index is 487. The summed E-state index contributed by atoms with van der Waals surface area (Å²) in [6.45, 7) is 8.55. The Kier molecular flexibility index (Phi) is 2.90. The number of nitrogens with zero attached hydrogens (tertiary/aromatic N) is 4. The van der Waals surface area contributed by atoms with Gasteiger partial charge in [-0.1, -0.05) is 20.8 Å². The normalized spacial score (nSPS) is 13.6. The second-order valence-electron chi connectivity index (χ2n) is 4.50. The van der Waals surface area contributed by atoms with Gasteiger partial charge in [0.25, 0.3) is 0 Å². The highest BCUT2D eigenvalue weighted by Crippen LogP contribution is 2.19. The number of hydrogen-bond acceptors (Lipinski definition) is 3. The maximum atomic E-state index is 4.64. The lowest BCUT2D eigenvalue weighted by atomic mass is 10.1. The molecule has 4 heteroatoms. The minimum Gasteiger partial charge on any atom is -0.249 e. The first-order valence-electron chi connectivity index (χ1n) is 5.83. The van der Waals surface area contributed by atoms with E-state index in [9.17, 15) is 0 Å². The summed E-state index contributed by atoms with van der Waals surface area (Å²) in [6, 6.07) is 0.370. The van der Waals surface area contributed by atoms with Crippen LogP contribution in [0.3, 0.4) is 0 Å². The van der Waals surface area contributed by atoms with E-state index in [4.69, 9.17) is 0 Å². The molecule has 86 valence electrons. The molecule has 2 heterocycles. The zero-order valence-electron chi connectivity index (χ0n) is 10.3. The van der Waals surface area contributed by atoms with Crippen LogP contribution in [0.2, 0.25) is 0 Å². The minimum atomic E-state index is 0.370. The van der Waals surface area contributed by atoms with E-state index < -0.39 is 0 Å². The van der Waals surface area contributed by atoms with E-state index in [2.05, 4.69) is 42.8 Å². The summed E-state index contributed by atoms with van der Waals surface area (Å²) in [5.41, 5.74) is 2.81. The predicted octanol–water partition coefficient (Wildman–Crippen LogP) is 2.92. The average molecular weight is 218 g/mol. The van der Waals surface area contributed by atoms with Crippen LogP contribution in [0.1, 0.15) is 51.8 Å². The van der Waals surface area contributed by atoms with E-state index in [1.807, 2.05) is 10.9 Å². The van der Waals surface area contributed by atoms with Crippen molar-refractivity contribution in [3.63, 3.8) is 0 Å². The van der Waals surface area contributed by atoms with Crippen molar-refractivity contribution in [2.24, 2.45) is 0 Å². The molecule has 4 nitrogen and oxygen atoms in total. The van der Waals surface area contributed by atoms with Gasteiger partial charge in [-0.2, -0.15) is 5.10 Å². The number of hydrogen-bond donors (Lipinski definition) is 0. The quantitative estimate of drug-likeness (QED) is 0.795. The highest BCUT2D eigenvalue weighted by atomic mass is 15.3. The lowest BCUT2D eigenvalue weighted by molar-refractivity contribution is 0.489. The Balaban J connectivity index is 2.55. The standard InChI is InChI=1S/C12H18N4/c1-5-9(4)16-12-11(7-14-16)13-6-10(15-12)8(2)3/h6-9H,5H2,1-4H3. The maximum absolute atomic E-state index is 4.64. The summed E-state index contributed by atoms with van der Waals surface area (Å²) in [5, 5.41) is 4.36. The molecular formula is C12H18N4. The Hall–Kier alpha value is -1.45. The molecule has 2 aromatic heterocycles. The van der Waals surface area contributed by atoms with Crippen LogP contribution in [0.25, 0.3) is 11.2 Å². The summed E-state index contributed by atoms with van der Waals surface area (Å²) >= 11 is 0. The molecule has 1 atom stereocenters. The van der Waals surface area contributed by atoms with Crippen molar-refractivity contribution in [3.8, 4) is 0 Å². The number of fused-ring (bicyclic) bond motifs is 1. The molecule has 0 bridgehead atoms. The minimum absolute atomic E-state index is 0.370. The molecule has 0 spiro atoms. The van der Waals surface area contributed by atoms with Crippen molar-refractivity contribution < 1.29 is 0 Å². The lowest BCUT2D eigenvalue weighted by Gasteiger charge is -2.10. The third kappa shape index (κ3) is 1.79. The largest absolute Gasteiger partial charge is 0.249 e.